The summed E-state index contributed by atoms with van der Waals surface area (Å²) in [5.74, 6) is 1.92. The first-order chi connectivity index (χ1) is 7.84. The predicted octanol–water partition coefficient (Wildman–Crippen LogP) is 1.29. The van der Waals surface area contributed by atoms with E-state index in [4.69, 9.17) is 10.5 Å². The summed E-state index contributed by atoms with van der Waals surface area (Å²) in [6.07, 6.45) is 5.32. The van der Waals surface area contributed by atoms with Gasteiger partial charge in [0.15, 0.2) is 0 Å². The molecule has 0 amide bonds. The fourth-order valence-electron chi connectivity index (χ4n) is 1.40. The van der Waals surface area contributed by atoms with Crippen molar-refractivity contribution in [1.82, 2.24) is 9.97 Å². The molecule has 0 saturated heterocycles. The maximum absolute atomic E-state index is 5.52. The molecule has 0 unspecified atom stereocenters. The second-order valence-corrected chi connectivity index (χ2v) is 4.10. The third-order valence-electron chi connectivity index (χ3n) is 2.50. The van der Waals surface area contributed by atoms with E-state index in [1.165, 1.54) is 12.8 Å². The summed E-state index contributed by atoms with van der Waals surface area (Å²) in [6, 6.07) is 1.81. The number of hydrogen-bond acceptors (Lipinski definition) is 5. The smallest absolute Gasteiger partial charge is 0.221 e. The molecule has 1 aliphatic rings. The van der Waals surface area contributed by atoms with Gasteiger partial charge in [0.1, 0.15) is 5.82 Å². The van der Waals surface area contributed by atoms with E-state index in [-0.39, 0.29) is 0 Å². The van der Waals surface area contributed by atoms with E-state index in [0.29, 0.717) is 5.95 Å². The van der Waals surface area contributed by atoms with Crippen molar-refractivity contribution >= 4 is 11.8 Å². The lowest BCUT2D eigenvalue weighted by molar-refractivity contribution is 0.124. The third kappa shape index (κ3) is 4.02. The van der Waals surface area contributed by atoms with Gasteiger partial charge in [-0.1, -0.05) is 0 Å². The number of aromatic nitrogens is 2. The second-order valence-electron chi connectivity index (χ2n) is 4.10. The molecular formula is C11H18N4O. The van der Waals surface area contributed by atoms with Gasteiger partial charge in [-0.05, 0) is 31.2 Å². The largest absolute Gasteiger partial charge is 0.381 e. The summed E-state index contributed by atoms with van der Waals surface area (Å²) in [6.45, 7) is 2.59. The van der Waals surface area contributed by atoms with Gasteiger partial charge in [-0.3, -0.25) is 0 Å². The van der Waals surface area contributed by atoms with Crippen LogP contribution in [0.3, 0.4) is 0 Å². The van der Waals surface area contributed by atoms with Gasteiger partial charge in [-0.2, -0.15) is 4.98 Å². The zero-order chi connectivity index (χ0) is 11.2. The summed E-state index contributed by atoms with van der Waals surface area (Å²) in [5.41, 5.74) is 5.46. The maximum Gasteiger partial charge on any atom is 0.221 e. The van der Waals surface area contributed by atoms with E-state index >= 15 is 0 Å². The quantitative estimate of drug-likeness (QED) is 0.680. The van der Waals surface area contributed by atoms with Crippen LogP contribution in [0.2, 0.25) is 0 Å². The molecule has 0 atom stereocenters. The molecule has 88 valence electrons. The fraction of sp³-hybridized carbons (Fsp3) is 0.636. The molecule has 1 saturated carbocycles. The summed E-state index contributed by atoms with van der Waals surface area (Å²) in [7, 11) is 0. The summed E-state index contributed by atoms with van der Waals surface area (Å²) < 4.78 is 5.52. The number of ether oxygens (including phenoxy) is 1. The zero-order valence-corrected chi connectivity index (χ0v) is 9.35. The van der Waals surface area contributed by atoms with Gasteiger partial charge in [0, 0.05) is 26.0 Å². The van der Waals surface area contributed by atoms with E-state index in [0.717, 1.165) is 37.9 Å². The van der Waals surface area contributed by atoms with Gasteiger partial charge in [0.05, 0.1) is 0 Å². The number of nitrogens with zero attached hydrogens (tertiary/aromatic N) is 2. The topological polar surface area (TPSA) is 73.1 Å². The number of nitrogens with one attached hydrogen (secondary N) is 1. The van der Waals surface area contributed by atoms with Crippen molar-refractivity contribution in [2.75, 3.05) is 30.8 Å². The predicted molar refractivity (Wildman–Crippen MR) is 63.1 cm³/mol. The Hall–Kier alpha value is -1.36. The lowest BCUT2D eigenvalue weighted by Gasteiger charge is -2.06. The molecule has 1 aromatic heterocycles. The van der Waals surface area contributed by atoms with Crippen LogP contribution in [0.4, 0.5) is 11.8 Å². The normalized spacial score (nSPS) is 15.0. The van der Waals surface area contributed by atoms with Crippen molar-refractivity contribution in [3.8, 4) is 0 Å². The molecular weight excluding hydrogens is 204 g/mol. The zero-order valence-electron chi connectivity index (χ0n) is 9.35. The van der Waals surface area contributed by atoms with Crippen molar-refractivity contribution < 1.29 is 4.74 Å². The number of rotatable bonds is 7. The highest BCUT2D eigenvalue weighted by Gasteiger charge is 2.20. The number of anilines is 2. The molecule has 1 aliphatic carbocycles. The molecule has 5 heteroatoms. The van der Waals surface area contributed by atoms with E-state index < -0.39 is 0 Å². The third-order valence-corrected chi connectivity index (χ3v) is 2.50. The average Bonchev–Trinajstić information content (AvgIpc) is 3.07. The van der Waals surface area contributed by atoms with Crippen LogP contribution in [0, 0.1) is 5.92 Å². The molecule has 1 heterocycles. The second kappa shape index (κ2) is 5.65. The van der Waals surface area contributed by atoms with Crippen molar-refractivity contribution in [2.24, 2.45) is 5.92 Å². The minimum absolute atomic E-state index is 0.301. The first kappa shape index (κ1) is 11.1. The molecule has 2 rings (SSSR count). The van der Waals surface area contributed by atoms with Crippen molar-refractivity contribution in [3.63, 3.8) is 0 Å². The SMILES string of the molecule is Nc1nccc(NCCCOCC2CC2)n1. The molecule has 0 bridgehead atoms. The van der Waals surface area contributed by atoms with Crippen LogP contribution in [-0.4, -0.2) is 29.7 Å². The summed E-state index contributed by atoms with van der Waals surface area (Å²) in [5, 5.41) is 3.18. The van der Waals surface area contributed by atoms with Crippen LogP contribution in [0.1, 0.15) is 19.3 Å². The Bertz CT molecular complexity index is 328. The number of nitrogens with two attached hydrogens (primary N) is 1. The highest BCUT2D eigenvalue weighted by atomic mass is 16.5. The minimum atomic E-state index is 0.301. The van der Waals surface area contributed by atoms with Gasteiger partial charge >= 0.3 is 0 Å². The molecule has 0 spiro atoms. The van der Waals surface area contributed by atoms with Crippen LogP contribution in [0.15, 0.2) is 12.3 Å². The molecule has 3 N–H and O–H groups in total. The van der Waals surface area contributed by atoms with Crippen molar-refractivity contribution in [2.45, 2.75) is 19.3 Å². The van der Waals surface area contributed by atoms with Gasteiger partial charge in [0.2, 0.25) is 5.95 Å². The Morgan fingerprint density at radius 2 is 2.38 bits per heavy atom. The Labute approximate surface area is 95.4 Å². The first-order valence-corrected chi connectivity index (χ1v) is 5.75. The van der Waals surface area contributed by atoms with Crippen LogP contribution < -0.4 is 11.1 Å². The average molecular weight is 222 g/mol. The Morgan fingerprint density at radius 3 is 3.12 bits per heavy atom. The fourth-order valence-corrected chi connectivity index (χ4v) is 1.40. The van der Waals surface area contributed by atoms with E-state index in [1.807, 2.05) is 0 Å². The van der Waals surface area contributed by atoms with Gasteiger partial charge in [-0.25, -0.2) is 4.98 Å². The maximum atomic E-state index is 5.52. The Morgan fingerprint density at radius 1 is 1.50 bits per heavy atom. The van der Waals surface area contributed by atoms with Gasteiger partial charge in [0.25, 0.3) is 0 Å². The standard InChI is InChI=1S/C11H18N4O/c12-11-14-6-4-10(15-11)13-5-1-7-16-8-9-2-3-9/h4,6,9H,1-3,5,7-8H2,(H3,12,13,14,15). The summed E-state index contributed by atoms with van der Waals surface area (Å²) >= 11 is 0. The summed E-state index contributed by atoms with van der Waals surface area (Å²) in [4.78, 5) is 7.87. The molecule has 0 aromatic carbocycles. The van der Waals surface area contributed by atoms with E-state index in [1.54, 1.807) is 12.3 Å². The molecule has 0 radical (unpaired) electrons. The minimum Gasteiger partial charge on any atom is -0.381 e. The van der Waals surface area contributed by atoms with E-state index in [9.17, 15) is 0 Å². The Balaban J connectivity index is 1.53. The van der Waals surface area contributed by atoms with E-state index in [2.05, 4.69) is 15.3 Å². The molecule has 16 heavy (non-hydrogen) atoms. The van der Waals surface area contributed by atoms with Gasteiger partial charge in [-0.15, -0.1) is 0 Å². The molecule has 5 nitrogen and oxygen atoms in total. The molecule has 1 fully saturated rings. The van der Waals surface area contributed by atoms with Crippen molar-refractivity contribution in [3.05, 3.63) is 12.3 Å². The highest BCUT2D eigenvalue weighted by Crippen LogP contribution is 2.28. The Kier molecular flexibility index (Phi) is 3.93. The highest BCUT2D eigenvalue weighted by molar-refractivity contribution is 5.36. The number of hydrogen-bond donors (Lipinski definition) is 2. The van der Waals surface area contributed by atoms with Crippen LogP contribution in [0.25, 0.3) is 0 Å². The van der Waals surface area contributed by atoms with Crippen LogP contribution >= 0.6 is 0 Å². The van der Waals surface area contributed by atoms with Gasteiger partial charge < -0.3 is 15.8 Å². The van der Waals surface area contributed by atoms with Crippen molar-refractivity contribution in [1.29, 1.82) is 0 Å². The van der Waals surface area contributed by atoms with Crippen LogP contribution in [0.5, 0.6) is 0 Å². The monoisotopic (exact) mass is 222 g/mol. The first-order valence-electron chi connectivity index (χ1n) is 5.75. The lowest BCUT2D eigenvalue weighted by atomic mass is 10.4. The molecule has 0 aliphatic heterocycles. The number of nitrogen functional groups attached to an aromatic ring is 1. The molecule has 1 aromatic rings. The van der Waals surface area contributed by atoms with Crippen LogP contribution in [-0.2, 0) is 4.74 Å². The lowest BCUT2D eigenvalue weighted by Crippen LogP contribution is -2.08.